The molecule has 0 saturated carbocycles. The number of rotatable bonds is 2. The Hall–Kier alpha value is -1.95. The van der Waals surface area contributed by atoms with E-state index in [9.17, 15) is 14.0 Å². The molecule has 1 amide bonds. The maximum Gasteiger partial charge on any atom is 0.308 e. The summed E-state index contributed by atoms with van der Waals surface area (Å²) in [6, 6.07) is 4.72. The van der Waals surface area contributed by atoms with E-state index in [-0.39, 0.29) is 23.1 Å². The van der Waals surface area contributed by atoms with Crippen LogP contribution < -0.4 is 4.87 Å². The molecule has 0 unspecified atom stereocenters. The minimum atomic E-state index is -0.284. The summed E-state index contributed by atoms with van der Waals surface area (Å²) in [5, 5.41) is 0. The third kappa shape index (κ3) is 2.70. The zero-order chi connectivity index (χ0) is 15.9. The van der Waals surface area contributed by atoms with Crippen molar-refractivity contribution in [2.24, 2.45) is 0 Å². The summed E-state index contributed by atoms with van der Waals surface area (Å²) in [6.45, 7) is 4.79. The standard InChI is InChI=1S/C16H17FN2O2S/c1-10-11(2)22-16(21)19(10)9-15(20)18-6-5-12-3-4-14(17)7-13(12)8-18/h3-4,7H,5-6,8-9H2,1-2H3. The van der Waals surface area contributed by atoms with Crippen molar-refractivity contribution in [3.05, 3.63) is 55.4 Å². The van der Waals surface area contributed by atoms with Crippen molar-refractivity contribution in [2.75, 3.05) is 6.54 Å². The first-order valence-corrected chi connectivity index (χ1v) is 7.99. The summed E-state index contributed by atoms with van der Waals surface area (Å²) in [4.78, 5) is 26.9. The second-order valence-electron chi connectivity index (χ2n) is 5.57. The van der Waals surface area contributed by atoms with Crippen LogP contribution in [0.3, 0.4) is 0 Å². The lowest BCUT2D eigenvalue weighted by Crippen LogP contribution is -2.39. The van der Waals surface area contributed by atoms with Crippen molar-refractivity contribution >= 4 is 17.2 Å². The quantitative estimate of drug-likeness (QED) is 0.852. The van der Waals surface area contributed by atoms with E-state index < -0.39 is 0 Å². The van der Waals surface area contributed by atoms with Gasteiger partial charge in [-0.1, -0.05) is 17.4 Å². The van der Waals surface area contributed by atoms with Crippen LogP contribution in [0, 0.1) is 19.7 Å². The fourth-order valence-electron chi connectivity index (χ4n) is 2.74. The van der Waals surface area contributed by atoms with E-state index in [1.54, 1.807) is 11.0 Å². The van der Waals surface area contributed by atoms with Gasteiger partial charge >= 0.3 is 4.87 Å². The number of aryl methyl sites for hydroxylation is 1. The van der Waals surface area contributed by atoms with Gasteiger partial charge in [0.15, 0.2) is 0 Å². The van der Waals surface area contributed by atoms with Gasteiger partial charge in [0.1, 0.15) is 12.4 Å². The molecule has 1 aromatic carbocycles. The predicted molar refractivity (Wildman–Crippen MR) is 83.6 cm³/mol. The second kappa shape index (κ2) is 5.68. The average Bonchev–Trinajstić information content (AvgIpc) is 2.72. The fourth-order valence-corrected chi connectivity index (χ4v) is 3.58. The average molecular weight is 320 g/mol. The van der Waals surface area contributed by atoms with Crippen molar-refractivity contribution in [1.29, 1.82) is 0 Å². The lowest BCUT2D eigenvalue weighted by atomic mass is 9.99. The molecule has 0 atom stereocenters. The maximum atomic E-state index is 13.3. The Morgan fingerprint density at radius 3 is 2.77 bits per heavy atom. The van der Waals surface area contributed by atoms with E-state index in [1.165, 1.54) is 16.7 Å². The van der Waals surface area contributed by atoms with E-state index in [2.05, 4.69) is 0 Å². The summed E-state index contributed by atoms with van der Waals surface area (Å²) in [5.41, 5.74) is 2.78. The van der Waals surface area contributed by atoms with Crippen LogP contribution in [0.4, 0.5) is 4.39 Å². The lowest BCUT2D eigenvalue weighted by Gasteiger charge is -2.29. The van der Waals surface area contributed by atoms with Crippen molar-refractivity contribution in [2.45, 2.75) is 33.4 Å². The van der Waals surface area contributed by atoms with E-state index >= 15 is 0 Å². The number of hydrogen-bond donors (Lipinski definition) is 0. The zero-order valence-electron chi connectivity index (χ0n) is 12.6. The van der Waals surface area contributed by atoms with Gasteiger partial charge < -0.3 is 4.90 Å². The molecule has 0 bridgehead atoms. The van der Waals surface area contributed by atoms with Crippen molar-refractivity contribution in [1.82, 2.24) is 9.47 Å². The molecule has 22 heavy (non-hydrogen) atoms. The van der Waals surface area contributed by atoms with Gasteiger partial charge in [0.25, 0.3) is 0 Å². The van der Waals surface area contributed by atoms with E-state index in [1.807, 2.05) is 13.8 Å². The Morgan fingerprint density at radius 1 is 1.32 bits per heavy atom. The van der Waals surface area contributed by atoms with E-state index in [0.717, 1.165) is 39.5 Å². The molecule has 0 radical (unpaired) electrons. The van der Waals surface area contributed by atoms with Gasteiger partial charge in [0.05, 0.1) is 0 Å². The highest BCUT2D eigenvalue weighted by molar-refractivity contribution is 7.09. The van der Waals surface area contributed by atoms with Gasteiger partial charge in [0, 0.05) is 23.7 Å². The van der Waals surface area contributed by atoms with Crippen LogP contribution in [0.25, 0.3) is 0 Å². The lowest BCUT2D eigenvalue weighted by molar-refractivity contribution is -0.132. The third-order valence-electron chi connectivity index (χ3n) is 4.20. The molecule has 0 fully saturated rings. The van der Waals surface area contributed by atoms with Crippen LogP contribution >= 0.6 is 11.3 Å². The molecule has 1 aliphatic rings. The number of hydrogen-bond acceptors (Lipinski definition) is 3. The molecule has 0 spiro atoms. The molecule has 2 heterocycles. The van der Waals surface area contributed by atoms with Crippen LogP contribution in [0.15, 0.2) is 23.0 Å². The Labute approximate surface area is 131 Å². The highest BCUT2D eigenvalue weighted by Crippen LogP contribution is 2.20. The van der Waals surface area contributed by atoms with Gasteiger partial charge in [-0.3, -0.25) is 14.2 Å². The monoisotopic (exact) mass is 320 g/mol. The summed E-state index contributed by atoms with van der Waals surface area (Å²) in [5.74, 6) is -0.383. The number of thiazole rings is 1. The van der Waals surface area contributed by atoms with Crippen LogP contribution in [0.5, 0.6) is 0 Å². The molecular weight excluding hydrogens is 303 g/mol. The van der Waals surface area contributed by atoms with Crippen LogP contribution in [-0.2, 0) is 24.3 Å². The Balaban J connectivity index is 1.78. The van der Waals surface area contributed by atoms with Gasteiger partial charge in [-0.25, -0.2) is 4.39 Å². The van der Waals surface area contributed by atoms with Gasteiger partial charge in [-0.15, -0.1) is 0 Å². The van der Waals surface area contributed by atoms with Crippen molar-refractivity contribution in [3.63, 3.8) is 0 Å². The molecule has 1 aromatic heterocycles. The van der Waals surface area contributed by atoms with E-state index in [4.69, 9.17) is 0 Å². The molecule has 2 aromatic rings. The molecule has 116 valence electrons. The molecule has 3 rings (SSSR count). The number of halogens is 1. The minimum Gasteiger partial charge on any atom is -0.336 e. The Morgan fingerprint density at radius 2 is 2.09 bits per heavy atom. The van der Waals surface area contributed by atoms with E-state index in [0.29, 0.717) is 13.1 Å². The third-order valence-corrected chi connectivity index (χ3v) is 5.20. The van der Waals surface area contributed by atoms with Crippen LogP contribution in [0.2, 0.25) is 0 Å². The molecular formula is C16H17FN2O2S. The highest BCUT2D eigenvalue weighted by Gasteiger charge is 2.22. The second-order valence-corrected chi connectivity index (χ2v) is 6.74. The minimum absolute atomic E-state index is 0.0552. The van der Waals surface area contributed by atoms with Gasteiger partial charge in [-0.2, -0.15) is 0 Å². The SMILES string of the molecule is Cc1sc(=O)n(CC(=O)N2CCc3ccc(F)cc3C2)c1C. The summed E-state index contributed by atoms with van der Waals surface area (Å²) >= 11 is 1.16. The summed E-state index contributed by atoms with van der Waals surface area (Å²) in [7, 11) is 0. The molecule has 0 aliphatic carbocycles. The number of carbonyl (C=O) groups is 1. The number of amides is 1. The first kappa shape index (κ1) is 15.0. The summed E-state index contributed by atoms with van der Waals surface area (Å²) < 4.78 is 14.8. The van der Waals surface area contributed by atoms with Crippen LogP contribution in [-0.4, -0.2) is 21.9 Å². The molecule has 4 nitrogen and oxygen atoms in total. The van der Waals surface area contributed by atoms with Crippen molar-refractivity contribution in [3.8, 4) is 0 Å². The predicted octanol–water partition coefficient (Wildman–Crippen LogP) is 2.25. The van der Waals surface area contributed by atoms with Crippen LogP contribution in [0.1, 0.15) is 21.7 Å². The Kier molecular flexibility index (Phi) is 3.87. The first-order valence-electron chi connectivity index (χ1n) is 7.17. The molecule has 0 saturated heterocycles. The Bertz CT molecular complexity index is 794. The smallest absolute Gasteiger partial charge is 0.308 e. The topological polar surface area (TPSA) is 42.3 Å². The molecule has 1 aliphatic heterocycles. The van der Waals surface area contributed by atoms with Gasteiger partial charge in [-0.05, 0) is 43.5 Å². The van der Waals surface area contributed by atoms with Crippen molar-refractivity contribution < 1.29 is 9.18 Å². The number of fused-ring (bicyclic) bond motifs is 1. The zero-order valence-corrected chi connectivity index (χ0v) is 13.4. The van der Waals surface area contributed by atoms with Gasteiger partial charge in [0.2, 0.25) is 5.91 Å². The summed E-state index contributed by atoms with van der Waals surface area (Å²) in [6.07, 6.45) is 0.720. The number of benzene rings is 1. The molecule has 0 N–H and O–H groups in total. The number of aromatic nitrogens is 1. The first-order chi connectivity index (χ1) is 10.5. The number of nitrogens with zero attached hydrogens (tertiary/aromatic N) is 2. The largest absolute Gasteiger partial charge is 0.336 e. The normalized spacial score (nSPS) is 14.0. The number of carbonyl (C=O) groups excluding carboxylic acids is 1. The molecule has 6 heteroatoms. The maximum absolute atomic E-state index is 13.3. The fraction of sp³-hybridized carbons (Fsp3) is 0.375. The highest BCUT2D eigenvalue weighted by atomic mass is 32.1.